The summed E-state index contributed by atoms with van der Waals surface area (Å²) in [5.41, 5.74) is 3.16. The first-order valence-electron chi connectivity index (χ1n) is 8.09. The Hall–Kier alpha value is -1.82. The van der Waals surface area contributed by atoms with E-state index in [9.17, 15) is 0 Å². The molecule has 0 aliphatic carbocycles. The molecule has 0 aromatic heterocycles. The maximum atomic E-state index is 9.09. The molecule has 1 saturated heterocycles. The molecule has 3 heteroatoms. The highest BCUT2D eigenvalue weighted by Gasteiger charge is 2.29. The number of nitrogens with zero attached hydrogens (tertiary/aromatic N) is 2. The number of likely N-dealkylation sites (tertiary alicyclic amines) is 1. The Bertz CT molecular complexity index is 705. The van der Waals surface area contributed by atoms with Crippen molar-refractivity contribution < 1.29 is 0 Å². The number of hydrogen-bond donors (Lipinski definition) is 0. The fourth-order valence-corrected chi connectivity index (χ4v) is 3.81. The minimum absolute atomic E-state index is 0.438. The van der Waals surface area contributed by atoms with Crippen LogP contribution in [0.1, 0.15) is 29.0 Å². The third-order valence-electron chi connectivity index (χ3n) is 4.84. The summed E-state index contributed by atoms with van der Waals surface area (Å²) in [4.78, 5) is 2.40. The van der Waals surface area contributed by atoms with E-state index in [1.807, 2.05) is 12.1 Å². The first-order chi connectivity index (χ1) is 11.2. The largest absolute Gasteiger partial charge is 0.306 e. The molecule has 2 aromatic carbocycles. The van der Waals surface area contributed by atoms with Gasteiger partial charge in [-0.15, -0.1) is 0 Å². The lowest BCUT2D eigenvalue weighted by Gasteiger charge is -2.25. The zero-order valence-corrected chi connectivity index (χ0v) is 14.1. The molecule has 1 unspecified atom stereocenters. The van der Waals surface area contributed by atoms with Crippen molar-refractivity contribution in [3.8, 4) is 6.07 Å². The zero-order valence-electron chi connectivity index (χ0n) is 13.4. The Labute approximate surface area is 143 Å². The molecule has 2 aromatic rings. The van der Waals surface area contributed by atoms with Crippen molar-refractivity contribution in [2.75, 3.05) is 20.1 Å². The minimum Gasteiger partial charge on any atom is -0.306 e. The molecule has 0 radical (unpaired) electrons. The average molecular weight is 325 g/mol. The van der Waals surface area contributed by atoms with Crippen LogP contribution in [-0.2, 0) is 6.42 Å². The Morgan fingerprint density at radius 2 is 2.04 bits per heavy atom. The van der Waals surface area contributed by atoms with Gasteiger partial charge in [0.1, 0.15) is 6.07 Å². The summed E-state index contributed by atoms with van der Waals surface area (Å²) < 4.78 is 0. The molecular formula is C20H21ClN2. The highest BCUT2D eigenvalue weighted by atomic mass is 35.5. The monoisotopic (exact) mass is 324 g/mol. The van der Waals surface area contributed by atoms with Crippen LogP contribution in [0.15, 0.2) is 48.5 Å². The number of benzene rings is 2. The van der Waals surface area contributed by atoms with Gasteiger partial charge in [0.2, 0.25) is 0 Å². The molecule has 0 bridgehead atoms. The Morgan fingerprint density at radius 3 is 2.65 bits per heavy atom. The van der Waals surface area contributed by atoms with Crippen LogP contribution in [-0.4, -0.2) is 25.0 Å². The predicted molar refractivity (Wildman–Crippen MR) is 94.7 cm³/mol. The molecule has 2 nitrogen and oxygen atoms in total. The SMILES string of the molecule is CN1CC[C@H](C(Cc2ccccc2)c2ccc(C#N)c(Cl)c2)C1. The normalized spacial score (nSPS) is 19.4. The van der Waals surface area contributed by atoms with Crippen molar-refractivity contribution in [3.63, 3.8) is 0 Å². The molecule has 1 fully saturated rings. The maximum absolute atomic E-state index is 9.09. The Morgan fingerprint density at radius 1 is 1.26 bits per heavy atom. The van der Waals surface area contributed by atoms with Crippen LogP contribution in [0.4, 0.5) is 0 Å². The first kappa shape index (κ1) is 16.1. The highest BCUT2D eigenvalue weighted by molar-refractivity contribution is 6.31. The molecule has 0 saturated carbocycles. The van der Waals surface area contributed by atoms with Crippen LogP contribution in [0.25, 0.3) is 0 Å². The van der Waals surface area contributed by atoms with Crippen LogP contribution >= 0.6 is 11.6 Å². The summed E-state index contributed by atoms with van der Waals surface area (Å²) in [5, 5.41) is 9.65. The smallest absolute Gasteiger partial charge is 0.101 e. The van der Waals surface area contributed by atoms with E-state index < -0.39 is 0 Å². The van der Waals surface area contributed by atoms with Crippen molar-refractivity contribution in [2.24, 2.45) is 5.92 Å². The van der Waals surface area contributed by atoms with E-state index in [1.54, 1.807) is 0 Å². The fourth-order valence-electron chi connectivity index (χ4n) is 3.57. The van der Waals surface area contributed by atoms with E-state index in [2.05, 4.69) is 54.4 Å². The third kappa shape index (κ3) is 3.75. The van der Waals surface area contributed by atoms with E-state index >= 15 is 0 Å². The number of rotatable bonds is 4. The number of hydrogen-bond acceptors (Lipinski definition) is 2. The van der Waals surface area contributed by atoms with Gasteiger partial charge in [0, 0.05) is 6.54 Å². The number of halogens is 1. The molecule has 23 heavy (non-hydrogen) atoms. The second-order valence-corrected chi connectivity index (χ2v) is 6.87. The van der Waals surface area contributed by atoms with Gasteiger partial charge in [-0.3, -0.25) is 0 Å². The molecule has 2 atom stereocenters. The lowest BCUT2D eigenvalue weighted by Crippen LogP contribution is -2.20. The summed E-state index contributed by atoms with van der Waals surface area (Å²) in [6.45, 7) is 2.27. The van der Waals surface area contributed by atoms with Crippen molar-refractivity contribution in [2.45, 2.75) is 18.8 Å². The molecule has 3 rings (SSSR count). The van der Waals surface area contributed by atoms with Gasteiger partial charge < -0.3 is 4.90 Å². The quantitative estimate of drug-likeness (QED) is 0.828. The lowest BCUT2D eigenvalue weighted by molar-refractivity contribution is 0.368. The van der Waals surface area contributed by atoms with Gasteiger partial charge in [-0.1, -0.05) is 48.0 Å². The van der Waals surface area contributed by atoms with Gasteiger partial charge in [0.15, 0.2) is 0 Å². The topological polar surface area (TPSA) is 27.0 Å². The van der Waals surface area contributed by atoms with Gasteiger partial charge in [0.25, 0.3) is 0 Å². The molecule has 118 valence electrons. The van der Waals surface area contributed by atoms with Crippen molar-refractivity contribution in [3.05, 3.63) is 70.2 Å². The van der Waals surface area contributed by atoms with Gasteiger partial charge in [-0.2, -0.15) is 5.26 Å². The van der Waals surface area contributed by atoms with Gasteiger partial charge >= 0.3 is 0 Å². The molecule has 1 aliphatic heterocycles. The van der Waals surface area contributed by atoms with E-state index in [0.717, 1.165) is 19.5 Å². The van der Waals surface area contributed by atoms with Gasteiger partial charge in [-0.05, 0) is 61.5 Å². The summed E-state index contributed by atoms with van der Waals surface area (Å²) in [5.74, 6) is 1.07. The summed E-state index contributed by atoms with van der Waals surface area (Å²) in [7, 11) is 2.19. The van der Waals surface area contributed by atoms with Crippen molar-refractivity contribution in [1.82, 2.24) is 4.90 Å². The summed E-state index contributed by atoms with van der Waals surface area (Å²) >= 11 is 6.28. The molecule has 0 N–H and O–H groups in total. The highest BCUT2D eigenvalue weighted by Crippen LogP contribution is 2.36. The second kappa shape index (κ2) is 7.17. The van der Waals surface area contributed by atoms with Crippen LogP contribution in [0.3, 0.4) is 0 Å². The second-order valence-electron chi connectivity index (χ2n) is 6.46. The number of nitriles is 1. The molecule has 1 heterocycles. The van der Waals surface area contributed by atoms with Crippen LogP contribution < -0.4 is 0 Å². The van der Waals surface area contributed by atoms with Gasteiger partial charge in [0.05, 0.1) is 10.6 Å². The van der Waals surface area contributed by atoms with Gasteiger partial charge in [-0.25, -0.2) is 0 Å². The Kier molecular flexibility index (Phi) is 5.00. The minimum atomic E-state index is 0.438. The third-order valence-corrected chi connectivity index (χ3v) is 5.15. The molecular weight excluding hydrogens is 304 g/mol. The maximum Gasteiger partial charge on any atom is 0.101 e. The van der Waals surface area contributed by atoms with E-state index in [0.29, 0.717) is 22.4 Å². The predicted octanol–water partition coefficient (Wildman–Crippen LogP) is 4.49. The molecule has 1 aliphatic rings. The molecule has 0 spiro atoms. The van der Waals surface area contributed by atoms with Crippen LogP contribution in [0.2, 0.25) is 5.02 Å². The van der Waals surface area contributed by atoms with E-state index in [1.165, 1.54) is 17.5 Å². The lowest BCUT2D eigenvalue weighted by atomic mass is 9.81. The van der Waals surface area contributed by atoms with Crippen molar-refractivity contribution in [1.29, 1.82) is 5.26 Å². The fraction of sp³-hybridized carbons (Fsp3) is 0.350. The zero-order chi connectivity index (χ0) is 16.2. The first-order valence-corrected chi connectivity index (χ1v) is 8.47. The summed E-state index contributed by atoms with van der Waals surface area (Å²) in [6, 6.07) is 18.7. The summed E-state index contributed by atoms with van der Waals surface area (Å²) in [6.07, 6.45) is 2.23. The van der Waals surface area contributed by atoms with Crippen LogP contribution in [0.5, 0.6) is 0 Å². The average Bonchev–Trinajstić information content (AvgIpc) is 3.00. The molecule has 0 amide bonds. The van der Waals surface area contributed by atoms with E-state index in [4.69, 9.17) is 16.9 Å². The Balaban J connectivity index is 1.91. The van der Waals surface area contributed by atoms with Crippen molar-refractivity contribution >= 4 is 11.6 Å². The standard InChI is InChI=1S/C20H21ClN2/c1-23-10-9-18(14-23)19(11-15-5-3-2-4-6-15)16-7-8-17(13-22)20(21)12-16/h2-8,12,18-19H,9-11,14H2,1H3/t18-,19?/m0/s1. The van der Waals surface area contributed by atoms with Crippen LogP contribution in [0, 0.1) is 17.2 Å². The van der Waals surface area contributed by atoms with E-state index in [-0.39, 0.29) is 0 Å².